The van der Waals surface area contributed by atoms with E-state index in [1.165, 1.54) is 56.1 Å². The molecule has 4 rings (SSSR count). The minimum atomic E-state index is -0.223. The number of aryl methyl sites for hydroxylation is 2. The number of aromatic nitrogens is 2. The van der Waals surface area contributed by atoms with Crippen LogP contribution in [0.2, 0.25) is 0 Å². The fraction of sp³-hybridized carbons (Fsp3) is 0.448. The van der Waals surface area contributed by atoms with E-state index in [9.17, 15) is 4.39 Å². The monoisotopic (exact) mass is 430 g/mol. The molecule has 168 valence electrons. The Hall–Kier alpha value is -2.55. The van der Waals surface area contributed by atoms with Gasteiger partial charge in [-0.3, -0.25) is 4.98 Å². The maximum absolute atomic E-state index is 14.3. The van der Waals surface area contributed by atoms with Crippen LogP contribution in [0.1, 0.15) is 68.6 Å². The van der Waals surface area contributed by atoms with E-state index < -0.39 is 0 Å². The summed E-state index contributed by atoms with van der Waals surface area (Å²) in [5.41, 5.74) is 6.54. The van der Waals surface area contributed by atoms with E-state index in [1.54, 1.807) is 24.4 Å². The lowest BCUT2D eigenvalue weighted by molar-refractivity contribution is 0.255. The van der Waals surface area contributed by atoms with E-state index in [4.69, 9.17) is 4.98 Å². The summed E-state index contributed by atoms with van der Waals surface area (Å²) in [5, 5.41) is 0. The van der Waals surface area contributed by atoms with E-state index in [0.29, 0.717) is 17.7 Å². The van der Waals surface area contributed by atoms with Crippen LogP contribution in [0, 0.1) is 24.6 Å². The lowest BCUT2D eigenvalue weighted by Gasteiger charge is -2.27. The first-order chi connectivity index (χ1) is 15.6. The fourth-order valence-corrected chi connectivity index (χ4v) is 5.15. The molecule has 0 atom stereocenters. The summed E-state index contributed by atoms with van der Waals surface area (Å²) in [5.74, 6) is 1.66. The number of hydrogen-bond donors (Lipinski definition) is 0. The van der Waals surface area contributed by atoms with Crippen LogP contribution in [0.5, 0.6) is 0 Å². The van der Waals surface area contributed by atoms with Crippen LogP contribution in [0.15, 0.2) is 49.2 Å². The van der Waals surface area contributed by atoms with Crippen molar-refractivity contribution in [3.63, 3.8) is 0 Å². The summed E-state index contributed by atoms with van der Waals surface area (Å²) in [6, 6.07) is 9.59. The van der Waals surface area contributed by atoms with Gasteiger partial charge in [0, 0.05) is 5.56 Å². The zero-order chi connectivity index (χ0) is 22.5. The summed E-state index contributed by atoms with van der Waals surface area (Å²) in [6.07, 6.45) is 14.7. The molecule has 1 aromatic heterocycles. The Bertz CT molecular complexity index is 1080. The van der Waals surface area contributed by atoms with Gasteiger partial charge in [-0.2, -0.15) is 0 Å². The molecule has 0 bridgehead atoms. The highest BCUT2D eigenvalue weighted by Crippen LogP contribution is 2.33. The molecule has 1 aliphatic carbocycles. The van der Waals surface area contributed by atoms with Crippen molar-refractivity contribution < 1.29 is 4.39 Å². The maximum Gasteiger partial charge on any atom is 0.127 e. The van der Waals surface area contributed by atoms with E-state index in [-0.39, 0.29) is 5.82 Å². The van der Waals surface area contributed by atoms with Crippen LogP contribution in [0.3, 0.4) is 0 Å². The van der Waals surface area contributed by atoms with Gasteiger partial charge >= 0.3 is 0 Å². The second-order valence-corrected chi connectivity index (χ2v) is 9.51. The summed E-state index contributed by atoms with van der Waals surface area (Å²) >= 11 is 0. The van der Waals surface area contributed by atoms with Crippen molar-refractivity contribution >= 4 is 11.0 Å². The second-order valence-electron chi connectivity index (χ2n) is 9.51. The van der Waals surface area contributed by atoms with Gasteiger partial charge in [-0.25, -0.2) is 9.37 Å². The van der Waals surface area contributed by atoms with E-state index in [1.807, 2.05) is 6.07 Å². The molecule has 1 saturated carbocycles. The van der Waals surface area contributed by atoms with Gasteiger partial charge in [0.1, 0.15) is 5.82 Å². The number of fused-ring (bicyclic) bond motifs is 1. The van der Waals surface area contributed by atoms with Gasteiger partial charge in [-0.05, 0) is 72.9 Å². The highest BCUT2D eigenvalue weighted by atomic mass is 19.1. The zero-order valence-corrected chi connectivity index (χ0v) is 19.5. The van der Waals surface area contributed by atoms with Gasteiger partial charge in [0.15, 0.2) is 0 Å². The van der Waals surface area contributed by atoms with Gasteiger partial charge in [0.25, 0.3) is 0 Å². The molecule has 0 radical (unpaired) electrons. The summed E-state index contributed by atoms with van der Waals surface area (Å²) in [4.78, 5) is 9.45. The molecule has 0 aliphatic heterocycles. The molecule has 0 N–H and O–H groups in total. The molecule has 2 nitrogen and oxygen atoms in total. The number of hydrogen-bond acceptors (Lipinski definition) is 2. The zero-order valence-electron chi connectivity index (χ0n) is 19.5. The molecule has 1 aliphatic rings. The molecule has 0 saturated heterocycles. The number of halogens is 1. The molecule has 2 aromatic carbocycles. The standard InChI is InChI=1S/C29H35FN2/c1-4-7-23-14-15-25(17-26(23)30)29-19-31-27-18-24(20(3)16-28(27)32-29)9-6-8-22-12-10-21(5-2)11-13-22/h4,14-19,21-22H,1,5-13H2,2-3H3. The Morgan fingerprint density at radius 1 is 1.03 bits per heavy atom. The molecule has 1 fully saturated rings. The van der Waals surface area contributed by atoms with Crippen molar-refractivity contribution in [2.75, 3.05) is 0 Å². The van der Waals surface area contributed by atoms with Crippen LogP contribution in [-0.4, -0.2) is 9.97 Å². The summed E-state index contributed by atoms with van der Waals surface area (Å²) in [7, 11) is 0. The Labute approximate surface area is 192 Å². The lowest BCUT2D eigenvalue weighted by atomic mass is 9.78. The van der Waals surface area contributed by atoms with E-state index in [2.05, 4.69) is 37.5 Å². The lowest BCUT2D eigenvalue weighted by Crippen LogP contribution is -2.14. The van der Waals surface area contributed by atoms with Gasteiger partial charge in [-0.15, -0.1) is 6.58 Å². The molecule has 0 unspecified atom stereocenters. The Balaban J connectivity index is 1.44. The van der Waals surface area contributed by atoms with Crippen LogP contribution < -0.4 is 0 Å². The molecule has 3 aromatic rings. The van der Waals surface area contributed by atoms with Crippen molar-refractivity contribution in [2.24, 2.45) is 11.8 Å². The highest BCUT2D eigenvalue weighted by Gasteiger charge is 2.19. The van der Waals surface area contributed by atoms with Gasteiger partial charge < -0.3 is 0 Å². The quantitative estimate of drug-likeness (QED) is 0.338. The minimum absolute atomic E-state index is 0.223. The molecule has 0 amide bonds. The van der Waals surface area contributed by atoms with Crippen LogP contribution >= 0.6 is 0 Å². The third-order valence-corrected chi connectivity index (χ3v) is 7.32. The van der Waals surface area contributed by atoms with Gasteiger partial charge in [0.05, 0.1) is 22.9 Å². The summed E-state index contributed by atoms with van der Waals surface area (Å²) in [6.45, 7) is 8.18. The number of rotatable bonds is 8. The Kier molecular flexibility index (Phi) is 7.34. The maximum atomic E-state index is 14.3. The predicted octanol–water partition coefficient (Wildman–Crippen LogP) is 8.01. The average molecular weight is 431 g/mol. The number of allylic oxidation sites excluding steroid dienone is 1. The molecular formula is C29H35FN2. The largest absolute Gasteiger partial charge is 0.252 e. The second kappa shape index (κ2) is 10.4. The highest BCUT2D eigenvalue weighted by molar-refractivity contribution is 5.79. The SMILES string of the molecule is C=CCc1ccc(-c2cnc3cc(CCCC4CCC(CC)CC4)c(C)cc3n2)cc1F. The van der Waals surface area contributed by atoms with Crippen molar-refractivity contribution in [1.82, 2.24) is 9.97 Å². The number of benzene rings is 2. The molecular weight excluding hydrogens is 395 g/mol. The van der Waals surface area contributed by atoms with Crippen LogP contribution in [0.4, 0.5) is 4.39 Å². The fourth-order valence-electron chi connectivity index (χ4n) is 5.15. The molecule has 0 spiro atoms. The van der Waals surface area contributed by atoms with Crippen molar-refractivity contribution in [3.05, 3.63) is 71.7 Å². The van der Waals surface area contributed by atoms with Crippen LogP contribution in [-0.2, 0) is 12.8 Å². The first-order valence-electron chi connectivity index (χ1n) is 12.2. The van der Waals surface area contributed by atoms with E-state index >= 15 is 0 Å². The van der Waals surface area contributed by atoms with Gasteiger partial charge in [0.2, 0.25) is 0 Å². The predicted molar refractivity (Wildman–Crippen MR) is 132 cm³/mol. The van der Waals surface area contributed by atoms with Crippen molar-refractivity contribution in [2.45, 2.75) is 71.6 Å². The normalized spacial score (nSPS) is 18.7. The smallest absolute Gasteiger partial charge is 0.127 e. The Morgan fingerprint density at radius 3 is 2.53 bits per heavy atom. The third kappa shape index (κ3) is 5.26. The van der Waals surface area contributed by atoms with Crippen molar-refractivity contribution in [3.8, 4) is 11.3 Å². The van der Waals surface area contributed by atoms with Crippen molar-refractivity contribution in [1.29, 1.82) is 0 Å². The Morgan fingerprint density at radius 2 is 1.81 bits per heavy atom. The minimum Gasteiger partial charge on any atom is -0.252 e. The third-order valence-electron chi connectivity index (χ3n) is 7.32. The number of nitrogens with zero attached hydrogens (tertiary/aromatic N) is 2. The van der Waals surface area contributed by atoms with Crippen LogP contribution in [0.25, 0.3) is 22.3 Å². The molecule has 3 heteroatoms. The summed E-state index contributed by atoms with van der Waals surface area (Å²) < 4.78 is 14.3. The van der Waals surface area contributed by atoms with E-state index in [0.717, 1.165) is 34.9 Å². The molecule has 32 heavy (non-hydrogen) atoms. The first kappa shape index (κ1) is 22.6. The topological polar surface area (TPSA) is 25.8 Å². The molecule has 1 heterocycles. The average Bonchev–Trinajstić information content (AvgIpc) is 2.81. The first-order valence-corrected chi connectivity index (χ1v) is 12.2. The van der Waals surface area contributed by atoms with Gasteiger partial charge in [-0.1, -0.05) is 63.7 Å².